The number of hydrogen-bond acceptors (Lipinski definition) is 15. The molecular formula is C70H136O17P2. The fraction of sp³-hybridized carbons (Fsp3) is 0.943. The Balaban J connectivity index is 5.14. The third-order valence-corrected chi connectivity index (χ3v) is 18.2. The lowest BCUT2D eigenvalue weighted by Crippen LogP contribution is -2.30. The molecule has 0 saturated heterocycles. The molecular weight excluding hydrogens is 1170 g/mol. The van der Waals surface area contributed by atoms with Gasteiger partial charge in [-0.15, -0.1) is 0 Å². The quantitative estimate of drug-likeness (QED) is 0.0222. The molecule has 0 rings (SSSR count). The standard InChI is InChI=1S/C70H136O17P2/c1-6-9-12-15-17-19-21-23-25-26-27-28-30-32-34-36-40-45-50-55-69(74)87-66(60-81-68(73)54-49-44-39-35-33-31-29-24-22-20-18-16-13-10-7-2)62-85-89(78,79)83-58-64(71)57-82-88(76,77)84-61-65(59-80-67(72)53-48-42-14-11-8-3)86-70(75)56-51-46-41-37-38-43-47-52-63(4)5/h63-66,71H,6-62H2,1-5H3,(H,76,77)(H,78,79)/t64-,65+,66+/m0/s1. The van der Waals surface area contributed by atoms with Crippen molar-refractivity contribution in [1.29, 1.82) is 0 Å². The number of phosphoric ester groups is 2. The number of carbonyl (C=O) groups excluding carboxylic acids is 4. The largest absolute Gasteiger partial charge is 0.472 e. The maximum absolute atomic E-state index is 13.0. The van der Waals surface area contributed by atoms with Crippen LogP contribution in [0.2, 0.25) is 0 Å². The zero-order valence-electron chi connectivity index (χ0n) is 57.6. The van der Waals surface area contributed by atoms with Crippen LogP contribution in [-0.2, 0) is 65.4 Å². The van der Waals surface area contributed by atoms with Crippen molar-refractivity contribution in [2.24, 2.45) is 5.92 Å². The second-order valence-electron chi connectivity index (χ2n) is 25.7. The molecule has 0 aromatic heterocycles. The van der Waals surface area contributed by atoms with Crippen LogP contribution in [0.4, 0.5) is 0 Å². The molecule has 0 heterocycles. The van der Waals surface area contributed by atoms with Gasteiger partial charge in [-0.2, -0.15) is 0 Å². The highest BCUT2D eigenvalue weighted by Crippen LogP contribution is 2.45. The SMILES string of the molecule is CCCCCCCCCCCCCCCCCCCCCC(=O)O[C@H](COC(=O)CCCCCCCCCCCCCCCCC)COP(=O)(O)OC[C@@H](O)COP(=O)(O)OC[C@@H](COC(=O)CCCCCCC)OC(=O)CCCCCCCCCC(C)C. The van der Waals surface area contributed by atoms with Gasteiger partial charge in [0.15, 0.2) is 12.2 Å². The van der Waals surface area contributed by atoms with E-state index in [-0.39, 0.29) is 25.7 Å². The van der Waals surface area contributed by atoms with Crippen molar-refractivity contribution in [1.82, 2.24) is 0 Å². The molecule has 5 atom stereocenters. The summed E-state index contributed by atoms with van der Waals surface area (Å²) in [6.45, 7) is 7.09. The molecule has 0 fully saturated rings. The van der Waals surface area contributed by atoms with E-state index in [0.717, 1.165) is 96.3 Å². The molecule has 0 saturated carbocycles. The predicted octanol–water partition coefficient (Wildman–Crippen LogP) is 20.1. The Hall–Kier alpha value is -1.94. The van der Waals surface area contributed by atoms with Crippen LogP contribution in [0.3, 0.4) is 0 Å². The van der Waals surface area contributed by atoms with E-state index in [2.05, 4.69) is 34.6 Å². The lowest BCUT2D eigenvalue weighted by molar-refractivity contribution is -0.161. The number of aliphatic hydroxyl groups is 1. The molecule has 0 aliphatic carbocycles. The number of hydrogen-bond donors (Lipinski definition) is 3. The Morgan fingerprint density at radius 3 is 0.764 bits per heavy atom. The van der Waals surface area contributed by atoms with Gasteiger partial charge < -0.3 is 33.8 Å². The number of aliphatic hydroxyl groups excluding tert-OH is 1. The Kier molecular flexibility index (Phi) is 62.1. The molecule has 0 aromatic rings. The monoisotopic (exact) mass is 1310 g/mol. The average molecular weight is 1310 g/mol. The van der Waals surface area contributed by atoms with Gasteiger partial charge in [0.25, 0.3) is 0 Å². The maximum Gasteiger partial charge on any atom is 0.472 e. The molecule has 0 aromatic carbocycles. The number of carbonyl (C=O) groups is 4. The van der Waals surface area contributed by atoms with E-state index in [0.29, 0.717) is 31.6 Å². The Morgan fingerprint density at radius 2 is 0.517 bits per heavy atom. The van der Waals surface area contributed by atoms with Crippen LogP contribution in [0, 0.1) is 5.92 Å². The molecule has 0 radical (unpaired) electrons. The molecule has 0 spiro atoms. The summed E-state index contributed by atoms with van der Waals surface area (Å²) in [5.74, 6) is -1.44. The van der Waals surface area contributed by atoms with Gasteiger partial charge in [0.05, 0.1) is 26.4 Å². The van der Waals surface area contributed by atoms with Gasteiger partial charge >= 0.3 is 39.5 Å². The molecule has 17 nitrogen and oxygen atoms in total. The highest BCUT2D eigenvalue weighted by atomic mass is 31.2. The molecule has 528 valence electrons. The lowest BCUT2D eigenvalue weighted by atomic mass is 10.0. The Morgan fingerprint density at radius 1 is 0.303 bits per heavy atom. The van der Waals surface area contributed by atoms with E-state index in [4.69, 9.17) is 37.0 Å². The first-order chi connectivity index (χ1) is 43.0. The van der Waals surface area contributed by atoms with Gasteiger partial charge in [-0.05, 0) is 31.6 Å². The summed E-state index contributed by atoms with van der Waals surface area (Å²) in [5, 5.41) is 10.5. The normalized spacial score (nSPS) is 14.1. The smallest absolute Gasteiger partial charge is 0.462 e. The van der Waals surface area contributed by atoms with E-state index in [1.54, 1.807) is 0 Å². The highest BCUT2D eigenvalue weighted by Gasteiger charge is 2.30. The molecule has 0 bridgehead atoms. The molecule has 0 aliphatic heterocycles. The van der Waals surface area contributed by atoms with Gasteiger partial charge in [-0.25, -0.2) is 9.13 Å². The van der Waals surface area contributed by atoms with Crippen molar-refractivity contribution in [3.63, 3.8) is 0 Å². The minimum atomic E-state index is -4.95. The van der Waals surface area contributed by atoms with Crippen molar-refractivity contribution >= 4 is 39.5 Å². The minimum absolute atomic E-state index is 0.103. The molecule has 3 N–H and O–H groups in total. The van der Waals surface area contributed by atoms with Crippen LogP contribution in [0.15, 0.2) is 0 Å². The fourth-order valence-corrected chi connectivity index (χ4v) is 12.2. The van der Waals surface area contributed by atoms with E-state index in [1.165, 1.54) is 180 Å². The van der Waals surface area contributed by atoms with E-state index in [9.17, 15) is 43.2 Å². The van der Waals surface area contributed by atoms with Crippen LogP contribution in [0.25, 0.3) is 0 Å². The second-order valence-corrected chi connectivity index (χ2v) is 28.7. The van der Waals surface area contributed by atoms with Crippen molar-refractivity contribution in [2.75, 3.05) is 39.6 Å². The summed E-state index contributed by atoms with van der Waals surface area (Å²) in [4.78, 5) is 72.2. The zero-order valence-corrected chi connectivity index (χ0v) is 59.4. The summed E-state index contributed by atoms with van der Waals surface area (Å²) in [6, 6.07) is 0. The van der Waals surface area contributed by atoms with Crippen LogP contribution >= 0.6 is 15.6 Å². The number of unbranched alkanes of at least 4 members (excludes halogenated alkanes) is 42. The second kappa shape index (κ2) is 63.5. The first-order valence-electron chi connectivity index (χ1n) is 36.6. The topological polar surface area (TPSA) is 237 Å². The molecule has 19 heteroatoms. The Labute approximate surface area is 543 Å². The average Bonchev–Trinajstić information content (AvgIpc) is 3.64. The third-order valence-electron chi connectivity index (χ3n) is 16.3. The van der Waals surface area contributed by atoms with Crippen molar-refractivity contribution in [2.45, 2.75) is 380 Å². The van der Waals surface area contributed by atoms with E-state index in [1.807, 2.05) is 0 Å². The van der Waals surface area contributed by atoms with Crippen molar-refractivity contribution in [3.8, 4) is 0 Å². The number of esters is 4. The van der Waals surface area contributed by atoms with Crippen molar-refractivity contribution in [3.05, 3.63) is 0 Å². The van der Waals surface area contributed by atoms with Gasteiger partial charge in [0.2, 0.25) is 0 Å². The molecule has 2 unspecified atom stereocenters. The first kappa shape index (κ1) is 87.1. The predicted molar refractivity (Wildman–Crippen MR) is 358 cm³/mol. The molecule has 0 aliphatic rings. The number of ether oxygens (including phenoxy) is 4. The third kappa shape index (κ3) is 64.6. The lowest BCUT2D eigenvalue weighted by Gasteiger charge is -2.21. The van der Waals surface area contributed by atoms with Crippen LogP contribution < -0.4 is 0 Å². The highest BCUT2D eigenvalue weighted by molar-refractivity contribution is 7.47. The summed E-state index contributed by atoms with van der Waals surface area (Å²) in [5.41, 5.74) is 0. The van der Waals surface area contributed by atoms with Crippen LogP contribution in [0.5, 0.6) is 0 Å². The summed E-state index contributed by atoms with van der Waals surface area (Å²) >= 11 is 0. The summed E-state index contributed by atoms with van der Waals surface area (Å²) < 4.78 is 68.0. The summed E-state index contributed by atoms with van der Waals surface area (Å²) in [6.07, 6.45) is 50.5. The zero-order chi connectivity index (χ0) is 65.6. The van der Waals surface area contributed by atoms with Crippen LogP contribution in [0.1, 0.15) is 362 Å². The van der Waals surface area contributed by atoms with E-state index < -0.39 is 97.5 Å². The van der Waals surface area contributed by atoms with Gasteiger partial charge in [0, 0.05) is 25.7 Å². The van der Waals surface area contributed by atoms with Crippen molar-refractivity contribution < 1.29 is 80.2 Å². The number of rotatable bonds is 70. The van der Waals surface area contributed by atoms with Gasteiger partial charge in [-0.3, -0.25) is 37.3 Å². The van der Waals surface area contributed by atoms with Crippen LogP contribution in [-0.4, -0.2) is 96.7 Å². The Bertz CT molecular complexity index is 1720. The summed E-state index contributed by atoms with van der Waals surface area (Å²) in [7, 11) is -9.89. The van der Waals surface area contributed by atoms with E-state index >= 15 is 0 Å². The minimum Gasteiger partial charge on any atom is -0.462 e. The number of phosphoric acid groups is 2. The maximum atomic E-state index is 13.0. The molecule has 89 heavy (non-hydrogen) atoms. The first-order valence-corrected chi connectivity index (χ1v) is 39.6. The van der Waals surface area contributed by atoms with Gasteiger partial charge in [0.1, 0.15) is 19.3 Å². The molecule has 0 amide bonds. The fourth-order valence-electron chi connectivity index (χ4n) is 10.6. The van der Waals surface area contributed by atoms with Gasteiger partial charge in [-0.1, -0.05) is 311 Å².